The molecule has 2 rings (SSSR count). The van der Waals surface area contributed by atoms with Crippen molar-refractivity contribution in [2.75, 3.05) is 58.3 Å². The van der Waals surface area contributed by atoms with E-state index in [-0.39, 0.29) is 5.91 Å². The third-order valence-electron chi connectivity index (χ3n) is 3.61. The highest BCUT2D eigenvalue weighted by Gasteiger charge is 2.09. The van der Waals surface area contributed by atoms with E-state index in [0.29, 0.717) is 12.1 Å². The maximum Gasteiger partial charge on any atom is 0.252 e. The van der Waals surface area contributed by atoms with Crippen LogP contribution in [-0.4, -0.2) is 69.2 Å². The lowest BCUT2D eigenvalue weighted by Gasteiger charge is -2.27. The predicted octanol–water partition coefficient (Wildman–Crippen LogP) is 0.173. The number of carbonyl (C=O) groups is 1. The van der Waals surface area contributed by atoms with Gasteiger partial charge in [-0.15, -0.1) is 0 Å². The Labute approximate surface area is 126 Å². The van der Waals surface area contributed by atoms with Gasteiger partial charge in [-0.05, 0) is 25.1 Å². The van der Waals surface area contributed by atoms with E-state index >= 15 is 0 Å². The molecular weight excluding hydrogens is 266 g/mol. The molecule has 1 saturated heterocycles. The molecule has 0 aliphatic carbocycles. The van der Waals surface area contributed by atoms with Gasteiger partial charge in [0.1, 0.15) is 5.82 Å². The summed E-state index contributed by atoms with van der Waals surface area (Å²) in [5.41, 5.74) is 0.614. The number of anilines is 1. The van der Waals surface area contributed by atoms with Crippen molar-refractivity contribution in [2.45, 2.75) is 6.42 Å². The Morgan fingerprint density at radius 3 is 2.76 bits per heavy atom. The normalized spacial score (nSPS) is 15.7. The number of piperazine rings is 1. The lowest BCUT2D eigenvalue weighted by molar-refractivity contribution is 0.0951. The molecule has 2 heterocycles. The van der Waals surface area contributed by atoms with E-state index in [1.54, 1.807) is 6.20 Å². The van der Waals surface area contributed by atoms with Crippen LogP contribution < -0.4 is 15.5 Å². The van der Waals surface area contributed by atoms with Crippen molar-refractivity contribution < 1.29 is 4.79 Å². The second-order valence-electron chi connectivity index (χ2n) is 5.50. The number of hydrogen-bond donors (Lipinski definition) is 2. The van der Waals surface area contributed by atoms with Gasteiger partial charge in [0.2, 0.25) is 0 Å². The zero-order valence-electron chi connectivity index (χ0n) is 12.9. The van der Waals surface area contributed by atoms with Crippen LogP contribution in [-0.2, 0) is 0 Å². The summed E-state index contributed by atoms with van der Waals surface area (Å²) in [7, 11) is 3.86. The lowest BCUT2D eigenvalue weighted by Crippen LogP contribution is -2.44. The Balaban J connectivity index is 1.69. The lowest BCUT2D eigenvalue weighted by atomic mass is 10.2. The van der Waals surface area contributed by atoms with Crippen molar-refractivity contribution >= 4 is 11.7 Å². The second kappa shape index (κ2) is 7.95. The number of pyridine rings is 1. The van der Waals surface area contributed by atoms with E-state index in [9.17, 15) is 4.79 Å². The Bertz CT molecular complexity index is 440. The smallest absolute Gasteiger partial charge is 0.252 e. The molecule has 1 aliphatic heterocycles. The molecule has 6 nitrogen and oxygen atoms in total. The van der Waals surface area contributed by atoms with Gasteiger partial charge in [0, 0.05) is 53.0 Å². The summed E-state index contributed by atoms with van der Waals surface area (Å²) >= 11 is 0. The van der Waals surface area contributed by atoms with E-state index in [0.717, 1.165) is 45.0 Å². The molecule has 6 heteroatoms. The number of carbonyl (C=O) groups excluding carboxylic acids is 1. The maximum atomic E-state index is 12.0. The molecule has 1 aromatic rings. The largest absolute Gasteiger partial charge is 0.363 e. The summed E-state index contributed by atoms with van der Waals surface area (Å²) < 4.78 is 0. The molecule has 0 unspecified atom stereocenters. The molecule has 1 aliphatic rings. The number of hydrogen-bond acceptors (Lipinski definition) is 5. The summed E-state index contributed by atoms with van der Waals surface area (Å²) in [6.07, 6.45) is 2.61. The van der Waals surface area contributed by atoms with Gasteiger partial charge >= 0.3 is 0 Å². The summed E-state index contributed by atoms with van der Waals surface area (Å²) in [5, 5.41) is 6.29. The van der Waals surface area contributed by atoms with E-state index in [2.05, 4.69) is 20.5 Å². The van der Waals surface area contributed by atoms with Gasteiger partial charge in [0.25, 0.3) is 5.91 Å². The van der Waals surface area contributed by atoms with Crippen LogP contribution in [0.3, 0.4) is 0 Å². The minimum absolute atomic E-state index is 0.0480. The van der Waals surface area contributed by atoms with E-state index in [1.165, 1.54) is 0 Å². The van der Waals surface area contributed by atoms with Crippen LogP contribution in [0.1, 0.15) is 16.8 Å². The van der Waals surface area contributed by atoms with Gasteiger partial charge in [-0.3, -0.25) is 4.79 Å². The SMILES string of the molecule is CN(C)c1ccc(C(=O)NCCCN2CCNCC2)cn1. The van der Waals surface area contributed by atoms with Gasteiger partial charge in [-0.25, -0.2) is 4.98 Å². The summed E-state index contributed by atoms with van der Waals surface area (Å²) in [4.78, 5) is 20.6. The number of nitrogens with zero attached hydrogens (tertiary/aromatic N) is 3. The average Bonchev–Trinajstić information content (AvgIpc) is 2.52. The molecule has 1 aromatic heterocycles. The first-order chi connectivity index (χ1) is 10.2. The molecule has 2 N–H and O–H groups in total. The van der Waals surface area contributed by atoms with Crippen LogP contribution in [0.15, 0.2) is 18.3 Å². The summed E-state index contributed by atoms with van der Waals surface area (Å²) in [5.74, 6) is 0.804. The molecule has 0 aromatic carbocycles. The topological polar surface area (TPSA) is 60.5 Å². The highest BCUT2D eigenvalue weighted by molar-refractivity contribution is 5.94. The highest BCUT2D eigenvalue weighted by atomic mass is 16.1. The zero-order valence-corrected chi connectivity index (χ0v) is 12.9. The van der Waals surface area contributed by atoms with Crippen LogP contribution in [0.25, 0.3) is 0 Å². The molecule has 0 radical (unpaired) electrons. The Kier molecular flexibility index (Phi) is 5.95. The molecule has 21 heavy (non-hydrogen) atoms. The molecule has 1 amide bonds. The summed E-state index contributed by atoms with van der Waals surface area (Å²) in [6.45, 7) is 6.08. The zero-order chi connectivity index (χ0) is 15.1. The number of rotatable bonds is 6. The van der Waals surface area contributed by atoms with Crippen LogP contribution in [0.5, 0.6) is 0 Å². The van der Waals surface area contributed by atoms with Crippen molar-refractivity contribution in [2.24, 2.45) is 0 Å². The van der Waals surface area contributed by atoms with Crippen molar-refractivity contribution in [3.8, 4) is 0 Å². The number of nitrogens with one attached hydrogen (secondary N) is 2. The highest BCUT2D eigenvalue weighted by Crippen LogP contribution is 2.07. The van der Waals surface area contributed by atoms with E-state index in [1.807, 2.05) is 31.1 Å². The summed E-state index contributed by atoms with van der Waals surface area (Å²) in [6, 6.07) is 3.67. The molecule has 0 saturated carbocycles. The first-order valence-electron chi connectivity index (χ1n) is 7.51. The Morgan fingerprint density at radius 2 is 2.14 bits per heavy atom. The van der Waals surface area contributed by atoms with Gasteiger partial charge in [0.15, 0.2) is 0 Å². The van der Waals surface area contributed by atoms with Gasteiger partial charge in [-0.1, -0.05) is 0 Å². The van der Waals surface area contributed by atoms with Crippen LogP contribution in [0.2, 0.25) is 0 Å². The second-order valence-corrected chi connectivity index (χ2v) is 5.50. The van der Waals surface area contributed by atoms with E-state index < -0.39 is 0 Å². The molecular formula is C15H25N5O. The Hall–Kier alpha value is -1.66. The Morgan fingerprint density at radius 1 is 1.38 bits per heavy atom. The van der Waals surface area contributed by atoms with Crippen LogP contribution >= 0.6 is 0 Å². The molecule has 1 fully saturated rings. The first-order valence-corrected chi connectivity index (χ1v) is 7.51. The van der Waals surface area contributed by atoms with Crippen LogP contribution in [0.4, 0.5) is 5.82 Å². The third-order valence-corrected chi connectivity index (χ3v) is 3.61. The molecule has 0 atom stereocenters. The minimum Gasteiger partial charge on any atom is -0.363 e. The first kappa shape index (κ1) is 15.7. The number of amides is 1. The predicted molar refractivity (Wildman–Crippen MR) is 84.8 cm³/mol. The van der Waals surface area contributed by atoms with Gasteiger partial charge < -0.3 is 20.4 Å². The quantitative estimate of drug-likeness (QED) is 0.732. The van der Waals surface area contributed by atoms with Crippen molar-refractivity contribution in [1.82, 2.24) is 20.5 Å². The maximum absolute atomic E-state index is 12.0. The fraction of sp³-hybridized carbons (Fsp3) is 0.600. The van der Waals surface area contributed by atoms with Gasteiger partial charge in [0.05, 0.1) is 5.56 Å². The molecule has 0 spiro atoms. The molecule has 116 valence electrons. The third kappa shape index (κ3) is 4.99. The van der Waals surface area contributed by atoms with Crippen molar-refractivity contribution in [3.63, 3.8) is 0 Å². The minimum atomic E-state index is -0.0480. The van der Waals surface area contributed by atoms with Gasteiger partial charge in [-0.2, -0.15) is 0 Å². The van der Waals surface area contributed by atoms with Crippen molar-refractivity contribution in [3.05, 3.63) is 23.9 Å². The standard InChI is InChI=1S/C15H25N5O/c1-19(2)14-5-4-13(12-18-14)15(21)17-6-3-9-20-10-7-16-8-11-20/h4-5,12,16H,3,6-11H2,1-2H3,(H,17,21). The fourth-order valence-electron chi connectivity index (χ4n) is 2.33. The fourth-order valence-corrected chi connectivity index (χ4v) is 2.33. The average molecular weight is 291 g/mol. The monoisotopic (exact) mass is 291 g/mol. The molecule has 0 bridgehead atoms. The van der Waals surface area contributed by atoms with Crippen LogP contribution in [0, 0.1) is 0 Å². The van der Waals surface area contributed by atoms with E-state index in [4.69, 9.17) is 0 Å². The number of aromatic nitrogens is 1. The van der Waals surface area contributed by atoms with Crippen molar-refractivity contribution in [1.29, 1.82) is 0 Å².